The summed E-state index contributed by atoms with van der Waals surface area (Å²) in [7, 11) is -3.97. The number of sulfone groups is 1. The molecule has 0 saturated carbocycles. The Labute approximate surface area is 123 Å². The Balaban J connectivity index is 3.18. The van der Waals surface area contributed by atoms with Crippen LogP contribution in [0, 0.1) is 10.1 Å². The van der Waals surface area contributed by atoms with Crippen LogP contribution in [0.4, 0.5) is 5.69 Å². The maximum atomic E-state index is 12.1. The van der Waals surface area contributed by atoms with Crippen molar-refractivity contribution in [3.8, 4) is 0 Å². The van der Waals surface area contributed by atoms with Crippen molar-refractivity contribution in [3.63, 3.8) is 0 Å². The highest BCUT2D eigenvalue weighted by Gasteiger charge is 2.41. The molecule has 1 N–H and O–H groups in total. The normalized spacial score (nSPS) is 12.2. The van der Waals surface area contributed by atoms with Crippen molar-refractivity contribution in [3.05, 3.63) is 38.3 Å². The molecule has 0 bridgehead atoms. The van der Waals surface area contributed by atoms with Gasteiger partial charge in [-0.2, -0.15) is 0 Å². The molecule has 0 radical (unpaired) electrons. The molecule has 0 saturated heterocycles. The molecule has 7 nitrogen and oxygen atoms in total. The van der Waals surface area contributed by atoms with Crippen LogP contribution in [0.2, 0.25) is 0 Å². The summed E-state index contributed by atoms with van der Waals surface area (Å²) in [4.78, 5) is 21.0. The van der Waals surface area contributed by atoms with Gasteiger partial charge in [-0.25, -0.2) is 8.42 Å². The van der Waals surface area contributed by atoms with Gasteiger partial charge < -0.3 is 5.11 Å². The van der Waals surface area contributed by atoms with Crippen LogP contribution in [-0.2, 0) is 20.4 Å². The van der Waals surface area contributed by atoms with E-state index in [1.807, 2.05) is 0 Å². The summed E-state index contributed by atoms with van der Waals surface area (Å²) in [5.74, 6) is -1.97. The first kappa shape index (κ1) is 16.6. The lowest BCUT2D eigenvalue weighted by molar-refractivity contribution is -0.384. The zero-order valence-corrected chi connectivity index (χ0v) is 13.1. The van der Waals surface area contributed by atoms with Crippen molar-refractivity contribution < 1.29 is 23.2 Å². The number of hydrogen-bond donors (Lipinski definition) is 1. The summed E-state index contributed by atoms with van der Waals surface area (Å²) < 4.78 is 22.5. The number of rotatable bonds is 5. The van der Waals surface area contributed by atoms with Gasteiger partial charge >= 0.3 is 5.97 Å². The Morgan fingerprint density at radius 2 is 2.00 bits per heavy atom. The Morgan fingerprint density at radius 3 is 2.40 bits per heavy atom. The van der Waals surface area contributed by atoms with Gasteiger partial charge in [0.2, 0.25) is 0 Å². The standard InChI is InChI=1S/C11H12BrNO6S/c1-11(2,10(14)15)20(18,19)6-7-3-4-8(13(16)17)5-9(7)12/h3-5H,6H2,1-2H3,(H,14,15). The largest absolute Gasteiger partial charge is 0.480 e. The van der Waals surface area contributed by atoms with Gasteiger partial charge in [-0.05, 0) is 19.4 Å². The maximum Gasteiger partial charge on any atom is 0.324 e. The van der Waals surface area contributed by atoms with Crippen LogP contribution in [0.1, 0.15) is 19.4 Å². The first-order chi connectivity index (χ1) is 8.99. The van der Waals surface area contributed by atoms with E-state index in [1.165, 1.54) is 18.2 Å². The molecule has 9 heteroatoms. The molecule has 0 heterocycles. The first-order valence-electron chi connectivity index (χ1n) is 5.37. The van der Waals surface area contributed by atoms with Crippen LogP contribution < -0.4 is 0 Å². The minimum atomic E-state index is -3.97. The van der Waals surface area contributed by atoms with E-state index in [0.29, 0.717) is 0 Å². The fourth-order valence-electron chi connectivity index (χ4n) is 1.29. The van der Waals surface area contributed by atoms with Gasteiger partial charge in [0.25, 0.3) is 5.69 Å². The molecule has 1 aromatic rings. The first-order valence-corrected chi connectivity index (χ1v) is 7.82. The van der Waals surface area contributed by atoms with Crippen LogP contribution in [0.5, 0.6) is 0 Å². The second-order valence-electron chi connectivity index (χ2n) is 4.61. The monoisotopic (exact) mass is 365 g/mol. The number of nitrogens with zero attached hydrogens (tertiary/aromatic N) is 1. The lowest BCUT2D eigenvalue weighted by atomic mass is 10.2. The Bertz CT molecular complexity index is 667. The SMILES string of the molecule is CC(C)(C(=O)O)S(=O)(=O)Cc1ccc([N+](=O)[O-])cc1Br. The number of non-ortho nitro benzene ring substituents is 1. The number of nitro groups is 1. The number of carboxylic acid groups (broad SMARTS) is 1. The van der Waals surface area contributed by atoms with Crippen molar-refractivity contribution in [2.45, 2.75) is 24.3 Å². The lowest BCUT2D eigenvalue weighted by Gasteiger charge is -2.20. The summed E-state index contributed by atoms with van der Waals surface area (Å²) >= 11 is 3.06. The minimum Gasteiger partial charge on any atom is -0.480 e. The predicted molar refractivity (Wildman–Crippen MR) is 75.1 cm³/mol. The molecular formula is C11H12BrNO6S. The molecule has 0 aliphatic carbocycles. The molecule has 110 valence electrons. The highest BCUT2D eigenvalue weighted by Crippen LogP contribution is 2.28. The number of carbonyl (C=O) groups is 1. The third kappa shape index (κ3) is 3.15. The molecule has 1 rings (SSSR count). The molecule has 0 unspecified atom stereocenters. The van der Waals surface area contributed by atoms with E-state index in [-0.39, 0.29) is 15.7 Å². The molecule has 1 aromatic carbocycles. The number of benzene rings is 1. The number of aliphatic carboxylic acids is 1. The zero-order valence-electron chi connectivity index (χ0n) is 10.7. The van der Waals surface area contributed by atoms with Gasteiger partial charge in [-0.15, -0.1) is 0 Å². The molecule has 0 fully saturated rings. The zero-order chi connectivity index (χ0) is 15.7. The van der Waals surface area contributed by atoms with Gasteiger partial charge in [-0.3, -0.25) is 14.9 Å². The van der Waals surface area contributed by atoms with Crippen LogP contribution in [0.25, 0.3) is 0 Å². The van der Waals surface area contributed by atoms with Gasteiger partial charge in [0, 0.05) is 16.6 Å². The lowest BCUT2D eigenvalue weighted by Crippen LogP contribution is -2.41. The quantitative estimate of drug-likeness (QED) is 0.631. The van der Waals surface area contributed by atoms with Crippen LogP contribution in [-0.4, -0.2) is 29.2 Å². The Hall–Kier alpha value is -1.48. The molecule has 0 amide bonds. The van der Waals surface area contributed by atoms with E-state index in [1.54, 1.807) is 0 Å². The van der Waals surface area contributed by atoms with Crippen molar-refractivity contribution in [2.24, 2.45) is 0 Å². The minimum absolute atomic E-state index is 0.185. The summed E-state index contributed by atoms with van der Waals surface area (Å²) in [6, 6.07) is 3.64. The van der Waals surface area contributed by atoms with E-state index < -0.39 is 31.2 Å². The fraction of sp³-hybridized carbons (Fsp3) is 0.364. The van der Waals surface area contributed by atoms with Crippen LogP contribution in [0.15, 0.2) is 22.7 Å². The summed E-state index contributed by atoms with van der Waals surface area (Å²) in [5, 5.41) is 19.5. The number of halogens is 1. The van der Waals surface area contributed by atoms with E-state index >= 15 is 0 Å². The highest BCUT2D eigenvalue weighted by molar-refractivity contribution is 9.10. The molecule has 0 aliphatic heterocycles. The van der Waals surface area contributed by atoms with Gasteiger partial charge in [0.15, 0.2) is 14.6 Å². The van der Waals surface area contributed by atoms with E-state index in [0.717, 1.165) is 13.8 Å². The van der Waals surface area contributed by atoms with Crippen molar-refractivity contribution in [1.82, 2.24) is 0 Å². The Morgan fingerprint density at radius 1 is 1.45 bits per heavy atom. The van der Waals surface area contributed by atoms with Crippen LogP contribution in [0.3, 0.4) is 0 Å². The van der Waals surface area contributed by atoms with Gasteiger partial charge in [0.1, 0.15) is 0 Å². The van der Waals surface area contributed by atoms with Crippen molar-refractivity contribution in [2.75, 3.05) is 0 Å². The fourth-order valence-corrected chi connectivity index (χ4v) is 3.27. The molecule has 0 spiro atoms. The third-order valence-electron chi connectivity index (χ3n) is 2.89. The van der Waals surface area contributed by atoms with Crippen molar-refractivity contribution in [1.29, 1.82) is 0 Å². The second kappa shape index (κ2) is 5.49. The molecule has 0 atom stereocenters. The van der Waals surface area contributed by atoms with E-state index in [2.05, 4.69) is 15.9 Å². The highest BCUT2D eigenvalue weighted by atomic mass is 79.9. The van der Waals surface area contributed by atoms with E-state index in [9.17, 15) is 23.3 Å². The predicted octanol–water partition coefficient (Wildman–Crippen LogP) is 2.14. The maximum absolute atomic E-state index is 12.1. The van der Waals surface area contributed by atoms with Crippen LogP contribution >= 0.6 is 15.9 Å². The molecule has 0 aliphatic rings. The average molecular weight is 366 g/mol. The number of hydrogen-bond acceptors (Lipinski definition) is 5. The topological polar surface area (TPSA) is 115 Å². The molecular weight excluding hydrogens is 354 g/mol. The average Bonchev–Trinajstić information content (AvgIpc) is 2.30. The van der Waals surface area contributed by atoms with Gasteiger partial charge in [-0.1, -0.05) is 22.0 Å². The number of nitro benzene ring substituents is 1. The van der Waals surface area contributed by atoms with Gasteiger partial charge in [0.05, 0.1) is 10.7 Å². The summed E-state index contributed by atoms with van der Waals surface area (Å²) in [6.45, 7) is 2.20. The second-order valence-corrected chi connectivity index (χ2v) is 8.00. The summed E-state index contributed by atoms with van der Waals surface area (Å²) in [6.07, 6.45) is 0. The molecule has 0 aromatic heterocycles. The van der Waals surface area contributed by atoms with E-state index in [4.69, 9.17) is 5.11 Å². The number of carboxylic acids is 1. The molecule has 20 heavy (non-hydrogen) atoms. The third-order valence-corrected chi connectivity index (χ3v) is 6.04. The Kier molecular flexibility index (Phi) is 4.55. The summed E-state index contributed by atoms with van der Waals surface area (Å²) in [5.41, 5.74) is 0.0837. The van der Waals surface area contributed by atoms with Crippen molar-refractivity contribution >= 4 is 37.4 Å². The smallest absolute Gasteiger partial charge is 0.324 e.